The lowest BCUT2D eigenvalue weighted by atomic mass is 10.3. The summed E-state index contributed by atoms with van der Waals surface area (Å²) in [7, 11) is 3.86. The van der Waals surface area contributed by atoms with Gasteiger partial charge in [-0.1, -0.05) is 11.6 Å². The van der Waals surface area contributed by atoms with E-state index in [4.69, 9.17) is 16.3 Å². The number of amides is 1. The van der Waals surface area contributed by atoms with E-state index in [2.05, 4.69) is 5.32 Å². The monoisotopic (exact) mass is 292 g/mol. The van der Waals surface area contributed by atoms with E-state index in [0.29, 0.717) is 17.3 Å². The SMILES string of the molecule is CC(CN(C)C)OC(=O)Nc1ccc(Cl)cc1.Cl. The zero-order valence-corrected chi connectivity index (χ0v) is 12.2. The molecule has 0 saturated heterocycles. The second-order valence-electron chi connectivity index (χ2n) is 4.11. The van der Waals surface area contributed by atoms with Crippen molar-refractivity contribution >= 4 is 35.8 Å². The average molecular weight is 293 g/mol. The van der Waals surface area contributed by atoms with Crippen molar-refractivity contribution in [2.45, 2.75) is 13.0 Å². The summed E-state index contributed by atoms with van der Waals surface area (Å²) in [6.07, 6.45) is -0.612. The fourth-order valence-electron chi connectivity index (χ4n) is 1.41. The normalized spacial score (nSPS) is 11.6. The number of rotatable bonds is 4. The molecule has 4 nitrogen and oxygen atoms in total. The van der Waals surface area contributed by atoms with E-state index in [-0.39, 0.29) is 18.5 Å². The molecule has 102 valence electrons. The van der Waals surface area contributed by atoms with Crippen molar-refractivity contribution in [3.05, 3.63) is 29.3 Å². The smallest absolute Gasteiger partial charge is 0.411 e. The van der Waals surface area contributed by atoms with Crippen molar-refractivity contribution in [1.82, 2.24) is 4.90 Å². The van der Waals surface area contributed by atoms with Gasteiger partial charge >= 0.3 is 6.09 Å². The Hall–Kier alpha value is -0.970. The molecule has 1 unspecified atom stereocenters. The van der Waals surface area contributed by atoms with Crippen LogP contribution in [0.25, 0.3) is 0 Å². The maximum absolute atomic E-state index is 11.5. The van der Waals surface area contributed by atoms with E-state index < -0.39 is 6.09 Å². The predicted molar refractivity (Wildman–Crippen MR) is 76.8 cm³/mol. The number of halogens is 2. The van der Waals surface area contributed by atoms with Crippen LogP contribution in [-0.4, -0.2) is 37.7 Å². The summed E-state index contributed by atoms with van der Waals surface area (Å²) < 4.78 is 5.17. The molecule has 0 aliphatic rings. The van der Waals surface area contributed by atoms with Gasteiger partial charge in [-0.05, 0) is 45.3 Å². The summed E-state index contributed by atoms with van der Waals surface area (Å²) in [5, 5.41) is 3.26. The molecule has 0 heterocycles. The highest BCUT2D eigenvalue weighted by molar-refractivity contribution is 6.30. The van der Waals surface area contributed by atoms with Crippen LogP contribution in [0.4, 0.5) is 10.5 Å². The number of anilines is 1. The zero-order chi connectivity index (χ0) is 12.8. The van der Waals surface area contributed by atoms with Gasteiger partial charge in [0.25, 0.3) is 0 Å². The summed E-state index contributed by atoms with van der Waals surface area (Å²) in [6.45, 7) is 2.54. The number of hydrogen-bond donors (Lipinski definition) is 1. The van der Waals surface area contributed by atoms with Crippen LogP contribution in [0.3, 0.4) is 0 Å². The first kappa shape index (κ1) is 17.0. The maximum Gasteiger partial charge on any atom is 0.411 e. The Balaban J connectivity index is 0.00000289. The molecule has 1 amide bonds. The number of likely N-dealkylation sites (N-methyl/N-ethyl adjacent to an activating group) is 1. The first-order chi connectivity index (χ1) is 7.97. The number of hydrogen-bond acceptors (Lipinski definition) is 3. The molecule has 18 heavy (non-hydrogen) atoms. The third kappa shape index (κ3) is 6.69. The minimum absolute atomic E-state index is 0. The molecule has 0 fully saturated rings. The van der Waals surface area contributed by atoms with Crippen LogP contribution < -0.4 is 5.32 Å². The third-order valence-corrected chi connectivity index (χ3v) is 2.27. The summed E-state index contributed by atoms with van der Waals surface area (Å²) in [5.41, 5.74) is 0.663. The van der Waals surface area contributed by atoms with E-state index in [1.807, 2.05) is 25.9 Å². The molecule has 0 radical (unpaired) electrons. The van der Waals surface area contributed by atoms with Crippen molar-refractivity contribution in [3.63, 3.8) is 0 Å². The summed E-state index contributed by atoms with van der Waals surface area (Å²) >= 11 is 5.74. The Morgan fingerprint density at radius 2 is 1.94 bits per heavy atom. The number of ether oxygens (including phenoxy) is 1. The Bertz CT molecular complexity index is 369. The standard InChI is InChI=1S/C12H17ClN2O2.ClH/c1-9(8-15(2)3)17-12(16)14-11-6-4-10(13)5-7-11;/h4-7,9H,8H2,1-3H3,(H,14,16);1H. The fraction of sp³-hybridized carbons (Fsp3) is 0.417. The molecule has 0 saturated carbocycles. The minimum atomic E-state index is -0.457. The van der Waals surface area contributed by atoms with Gasteiger partial charge in [0.1, 0.15) is 6.10 Å². The van der Waals surface area contributed by atoms with Crippen LogP contribution in [-0.2, 0) is 4.74 Å². The van der Waals surface area contributed by atoms with E-state index in [1.54, 1.807) is 24.3 Å². The van der Waals surface area contributed by atoms with Gasteiger partial charge in [0.15, 0.2) is 0 Å². The van der Waals surface area contributed by atoms with Crippen LogP contribution in [0.15, 0.2) is 24.3 Å². The number of benzene rings is 1. The molecule has 0 aliphatic heterocycles. The number of nitrogens with one attached hydrogen (secondary N) is 1. The first-order valence-electron chi connectivity index (χ1n) is 5.35. The number of carbonyl (C=O) groups excluding carboxylic acids is 1. The lowest BCUT2D eigenvalue weighted by molar-refractivity contribution is 0.103. The van der Waals surface area contributed by atoms with Crippen LogP contribution in [0, 0.1) is 0 Å². The van der Waals surface area contributed by atoms with E-state index in [1.165, 1.54) is 0 Å². The van der Waals surface area contributed by atoms with Gasteiger partial charge < -0.3 is 9.64 Å². The van der Waals surface area contributed by atoms with Gasteiger partial charge in [-0.15, -0.1) is 12.4 Å². The lowest BCUT2D eigenvalue weighted by Gasteiger charge is -2.17. The fourth-order valence-corrected chi connectivity index (χ4v) is 1.54. The lowest BCUT2D eigenvalue weighted by Crippen LogP contribution is -2.29. The molecule has 1 N–H and O–H groups in total. The van der Waals surface area contributed by atoms with Crippen LogP contribution in [0.5, 0.6) is 0 Å². The Morgan fingerprint density at radius 1 is 1.39 bits per heavy atom. The summed E-state index contributed by atoms with van der Waals surface area (Å²) in [5.74, 6) is 0. The largest absolute Gasteiger partial charge is 0.445 e. The molecular formula is C12H18Cl2N2O2. The molecular weight excluding hydrogens is 275 g/mol. The molecule has 0 bridgehead atoms. The molecule has 1 rings (SSSR count). The van der Waals surface area contributed by atoms with Gasteiger partial charge in [0.2, 0.25) is 0 Å². The highest BCUT2D eigenvalue weighted by Crippen LogP contribution is 2.13. The Morgan fingerprint density at radius 3 is 2.44 bits per heavy atom. The van der Waals surface area contributed by atoms with Crippen molar-refractivity contribution < 1.29 is 9.53 Å². The molecule has 1 atom stereocenters. The Kier molecular flexibility index (Phi) is 7.75. The Labute approximate surface area is 119 Å². The topological polar surface area (TPSA) is 41.6 Å². The van der Waals surface area contributed by atoms with Crippen molar-refractivity contribution in [3.8, 4) is 0 Å². The van der Waals surface area contributed by atoms with Crippen molar-refractivity contribution in [2.75, 3.05) is 26.0 Å². The van der Waals surface area contributed by atoms with Crippen LogP contribution in [0.1, 0.15) is 6.92 Å². The molecule has 1 aromatic carbocycles. The van der Waals surface area contributed by atoms with E-state index >= 15 is 0 Å². The predicted octanol–water partition coefficient (Wildman–Crippen LogP) is 3.26. The maximum atomic E-state index is 11.5. The molecule has 6 heteroatoms. The quantitative estimate of drug-likeness (QED) is 0.926. The second-order valence-corrected chi connectivity index (χ2v) is 4.55. The average Bonchev–Trinajstić information content (AvgIpc) is 2.19. The van der Waals surface area contributed by atoms with Crippen molar-refractivity contribution in [2.24, 2.45) is 0 Å². The number of carbonyl (C=O) groups is 1. The van der Waals surface area contributed by atoms with Gasteiger partial charge in [-0.2, -0.15) is 0 Å². The molecule has 0 aliphatic carbocycles. The van der Waals surface area contributed by atoms with Gasteiger partial charge in [-0.3, -0.25) is 5.32 Å². The second kappa shape index (κ2) is 8.19. The molecule has 1 aromatic rings. The molecule has 0 spiro atoms. The van der Waals surface area contributed by atoms with E-state index in [9.17, 15) is 4.79 Å². The number of nitrogens with zero attached hydrogens (tertiary/aromatic N) is 1. The highest BCUT2D eigenvalue weighted by Gasteiger charge is 2.10. The van der Waals surface area contributed by atoms with Gasteiger partial charge in [0.05, 0.1) is 0 Å². The summed E-state index contributed by atoms with van der Waals surface area (Å²) in [4.78, 5) is 13.5. The molecule has 0 aromatic heterocycles. The first-order valence-corrected chi connectivity index (χ1v) is 5.73. The zero-order valence-electron chi connectivity index (χ0n) is 10.6. The van der Waals surface area contributed by atoms with Crippen LogP contribution in [0.2, 0.25) is 5.02 Å². The highest BCUT2D eigenvalue weighted by atomic mass is 35.5. The van der Waals surface area contributed by atoms with E-state index in [0.717, 1.165) is 0 Å². The van der Waals surface area contributed by atoms with Crippen LogP contribution >= 0.6 is 24.0 Å². The summed E-state index contributed by atoms with van der Waals surface area (Å²) in [6, 6.07) is 6.86. The third-order valence-electron chi connectivity index (χ3n) is 2.02. The van der Waals surface area contributed by atoms with Gasteiger partial charge in [0, 0.05) is 17.3 Å². The minimum Gasteiger partial charge on any atom is -0.445 e. The van der Waals surface area contributed by atoms with Gasteiger partial charge in [-0.25, -0.2) is 4.79 Å². The van der Waals surface area contributed by atoms with Crippen molar-refractivity contribution in [1.29, 1.82) is 0 Å².